The van der Waals surface area contributed by atoms with Crippen LogP contribution >= 0.6 is 0 Å². The number of carbonyl (C=O) groups excluding carboxylic acids is 4. The maximum absolute atomic E-state index is 13.6. The van der Waals surface area contributed by atoms with Gasteiger partial charge in [-0.25, -0.2) is 34.0 Å². The number of nitrogens with one attached hydrogen (secondary N) is 1. The zero-order valence-electron chi connectivity index (χ0n) is 35.7. The van der Waals surface area contributed by atoms with Crippen molar-refractivity contribution in [2.45, 2.75) is 157 Å². The van der Waals surface area contributed by atoms with Crippen molar-refractivity contribution in [3.63, 3.8) is 0 Å². The van der Waals surface area contributed by atoms with E-state index >= 15 is 0 Å². The van der Waals surface area contributed by atoms with Crippen LogP contribution in [-0.4, -0.2) is 103 Å². The standard InChI is InChI=1S/C39H66N4O10Si/c1-35(2,3)49-30(44)29(53-54(16,17)39(13,14)15)25-48-27-20-18-26(19-21-27)28-24-43(34(47)52-38(10,11)12)31(41-28)42(33(46)51-37(7,8)9)23-22-40-32(45)50-36(4,5)6/h18-21,28-29H,22-25H2,1-17H3,(H,40,45). The van der Waals surface area contributed by atoms with Gasteiger partial charge in [0.15, 0.2) is 14.4 Å². The topological polar surface area (TPSA) is 155 Å². The minimum Gasteiger partial charge on any atom is -0.490 e. The average molecular weight is 779 g/mol. The minimum atomic E-state index is -2.37. The van der Waals surface area contributed by atoms with Gasteiger partial charge in [0.25, 0.3) is 0 Å². The number of aliphatic imine (C=N–C) groups is 1. The summed E-state index contributed by atoms with van der Waals surface area (Å²) in [5, 5.41) is 2.51. The second kappa shape index (κ2) is 17.3. The first kappa shape index (κ1) is 46.3. The van der Waals surface area contributed by atoms with Gasteiger partial charge in [-0.15, -0.1) is 0 Å². The molecule has 54 heavy (non-hydrogen) atoms. The van der Waals surface area contributed by atoms with Crippen molar-refractivity contribution in [2.75, 3.05) is 26.2 Å². The van der Waals surface area contributed by atoms with Crippen LogP contribution in [0.15, 0.2) is 29.3 Å². The normalized spacial score (nSPS) is 16.2. The number of carbonyl (C=O) groups is 4. The zero-order valence-corrected chi connectivity index (χ0v) is 36.7. The van der Waals surface area contributed by atoms with E-state index in [1.165, 1.54) is 9.80 Å². The van der Waals surface area contributed by atoms with Crippen molar-refractivity contribution in [3.05, 3.63) is 29.8 Å². The van der Waals surface area contributed by atoms with Crippen molar-refractivity contribution >= 4 is 38.5 Å². The van der Waals surface area contributed by atoms with E-state index in [1.54, 1.807) is 86.6 Å². The molecule has 0 saturated heterocycles. The third-order valence-electron chi connectivity index (χ3n) is 7.92. The molecule has 0 aliphatic carbocycles. The van der Waals surface area contributed by atoms with E-state index < -0.39 is 67.1 Å². The predicted molar refractivity (Wildman–Crippen MR) is 210 cm³/mol. The van der Waals surface area contributed by atoms with Gasteiger partial charge in [0.05, 0.1) is 12.6 Å². The fourth-order valence-corrected chi connectivity index (χ4v) is 5.78. The first-order valence-corrected chi connectivity index (χ1v) is 21.4. The van der Waals surface area contributed by atoms with Crippen molar-refractivity contribution < 1.29 is 47.3 Å². The van der Waals surface area contributed by atoms with Crippen LogP contribution in [-0.2, 0) is 28.2 Å². The van der Waals surface area contributed by atoms with Gasteiger partial charge in [-0.1, -0.05) is 32.9 Å². The monoisotopic (exact) mass is 778 g/mol. The van der Waals surface area contributed by atoms with E-state index in [0.29, 0.717) is 5.75 Å². The number of alkyl carbamates (subject to hydrolysis) is 1. The molecule has 1 heterocycles. The maximum atomic E-state index is 13.6. The molecule has 2 rings (SSSR count). The zero-order chi connectivity index (χ0) is 41.7. The third-order valence-corrected chi connectivity index (χ3v) is 12.4. The van der Waals surface area contributed by atoms with Crippen molar-refractivity contribution in [2.24, 2.45) is 4.99 Å². The number of guanidine groups is 1. The molecule has 1 aliphatic heterocycles. The van der Waals surface area contributed by atoms with Crippen molar-refractivity contribution in [1.29, 1.82) is 0 Å². The smallest absolute Gasteiger partial charge is 0.417 e. The van der Waals surface area contributed by atoms with E-state index in [4.69, 9.17) is 33.1 Å². The average Bonchev–Trinajstić information content (AvgIpc) is 3.38. The minimum absolute atomic E-state index is 0.0118. The first-order chi connectivity index (χ1) is 24.3. The first-order valence-electron chi connectivity index (χ1n) is 18.5. The summed E-state index contributed by atoms with van der Waals surface area (Å²) in [5.74, 6) is 0.00794. The molecule has 0 radical (unpaired) electrons. The Morgan fingerprint density at radius 2 is 1.31 bits per heavy atom. The van der Waals surface area contributed by atoms with E-state index in [2.05, 4.69) is 39.2 Å². The van der Waals surface area contributed by atoms with Crippen molar-refractivity contribution in [1.82, 2.24) is 15.1 Å². The number of amides is 3. The molecule has 14 nitrogen and oxygen atoms in total. The summed E-state index contributed by atoms with van der Waals surface area (Å²) in [6.07, 6.45) is -3.05. The molecular weight excluding hydrogens is 713 g/mol. The third kappa shape index (κ3) is 15.5. The molecule has 3 amide bonds. The van der Waals surface area contributed by atoms with Crippen LogP contribution in [0.5, 0.6) is 5.75 Å². The summed E-state index contributed by atoms with van der Waals surface area (Å²) < 4.78 is 35.0. The lowest BCUT2D eigenvalue weighted by Gasteiger charge is -2.39. The molecule has 306 valence electrons. The Hall–Kier alpha value is -3.85. The lowest BCUT2D eigenvalue weighted by Crippen LogP contribution is -2.52. The summed E-state index contributed by atoms with van der Waals surface area (Å²) in [4.78, 5) is 60.2. The molecule has 1 N–H and O–H groups in total. The molecule has 2 unspecified atom stereocenters. The number of benzene rings is 1. The van der Waals surface area contributed by atoms with Gasteiger partial charge in [-0.3, -0.25) is 0 Å². The number of nitrogens with zero attached hydrogens (tertiary/aromatic N) is 3. The van der Waals surface area contributed by atoms with Crippen LogP contribution in [0.1, 0.15) is 115 Å². The number of esters is 1. The molecule has 0 spiro atoms. The van der Waals surface area contributed by atoms with E-state index in [0.717, 1.165) is 5.56 Å². The number of ether oxygens (including phenoxy) is 5. The Morgan fingerprint density at radius 1 is 0.796 bits per heavy atom. The van der Waals surface area contributed by atoms with Crippen LogP contribution in [0.4, 0.5) is 14.4 Å². The molecule has 0 saturated carbocycles. The number of hydrogen-bond donors (Lipinski definition) is 1. The molecular formula is C39H66N4O10Si. The Kier molecular flexibility index (Phi) is 14.8. The quantitative estimate of drug-likeness (QED) is 0.140. The van der Waals surface area contributed by atoms with Gasteiger partial charge >= 0.3 is 24.2 Å². The van der Waals surface area contributed by atoms with Gasteiger partial charge < -0.3 is 33.4 Å². The van der Waals surface area contributed by atoms with Gasteiger partial charge in [-0.05, 0) is 119 Å². The number of hydrogen-bond acceptors (Lipinski definition) is 11. The van der Waals surface area contributed by atoms with Crippen LogP contribution in [0, 0.1) is 0 Å². The molecule has 1 aliphatic rings. The Labute approximate surface area is 323 Å². The second-order valence-corrected chi connectivity index (χ2v) is 23.6. The second-order valence-electron chi connectivity index (χ2n) is 18.9. The summed E-state index contributed by atoms with van der Waals surface area (Å²) in [5.41, 5.74) is -2.39. The Balaban J connectivity index is 2.42. The SMILES string of the molecule is CC(C)(C)OC(=O)NCCN(C(=O)OC(C)(C)C)C1=NC(c2ccc(OCC(O[Si](C)(C)C(C)(C)C)C(=O)OC(C)(C)C)cc2)CN1C(=O)OC(C)(C)C. The van der Waals surface area contributed by atoms with Crippen LogP contribution in [0.3, 0.4) is 0 Å². The maximum Gasteiger partial charge on any atom is 0.417 e. The van der Waals surface area contributed by atoms with Gasteiger partial charge in [0.2, 0.25) is 5.96 Å². The van der Waals surface area contributed by atoms with Crippen molar-refractivity contribution in [3.8, 4) is 5.75 Å². The molecule has 1 aromatic carbocycles. The fraction of sp³-hybridized carbons (Fsp3) is 0.718. The molecule has 0 aromatic heterocycles. The highest BCUT2D eigenvalue weighted by Crippen LogP contribution is 2.38. The van der Waals surface area contributed by atoms with Gasteiger partial charge in [0, 0.05) is 13.1 Å². The summed E-state index contributed by atoms with van der Waals surface area (Å²) in [6, 6.07) is 6.50. The Morgan fingerprint density at radius 3 is 1.80 bits per heavy atom. The highest BCUT2D eigenvalue weighted by Gasteiger charge is 2.43. The molecule has 1 aromatic rings. The van der Waals surface area contributed by atoms with Gasteiger partial charge in [-0.2, -0.15) is 0 Å². The summed E-state index contributed by atoms with van der Waals surface area (Å²) in [6.45, 7) is 31.4. The fourth-order valence-electron chi connectivity index (χ4n) is 4.56. The van der Waals surface area contributed by atoms with E-state index in [9.17, 15) is 19.2 Å². The summed E-state index contributed by atoms with van der Waals surface area (Å²) >= 11 is 0. The van der Waals surface area contributed by atoms with E-state index in [1.807, 2.05) is 20.8 Å². The largest absolute Gasteiger partial charge is 0.490 e. The number of rotatable bonds is 10. The molecule has 15 heteroatoms. The molecule has 2 atom stereocenters. The van der Waals surface area contributed by atoms with Crippen LogP contribution in [0.25, 0.3) is 0 Å². The van der Waals surface area contributed by atoms with Crippen LogP contribution in [0.2, 0.25) is 18.1 Å². The Bertz CT molecular complexity index is 1490. The van der Waals surface area contributed by atoms with Crippen LogP contribution < -0.4 is 10.1 Å². The lowest BCUT2D eigenvalue weighted by atomic mass is 10.1. The predicted octanol–water partition coefficient (Wildman–Crippen LogP) is 8.21. The van der Waals surface area contributed by atoms with Gasteiger partial charge in [0.1, 0.15) is 34.8 Å². The molecule has 0 fully saturated rings. The highest BCUT2D eigenvalue weighted by atomic mass is 28.4. The van der Waals surface area contributed by atoms with E-state index in [-0.39, 0.29) is 37.2 Å². The lowest BCUT2D eigenvalue weighted by molar-refractivity contribution is -0.165. The molecule has 0 bridgehead atoms. The highest BCUT2D eigenvalue weighted by molar-refractivity contribution is 6.74. The summed E-state index contributed by atoms with van der Waals surface area (Å²) in [7, 11) is -2.37.